The van der Waals surface area contributed by atoms with Crippen LogP contribution in [0, 0.1) is 13.8 Å². The van der Waals surface area contributed by atoms with Crippen molar-refractivity contribution in [1.82, 2.24) is 9.47 Å². The van der Waals surface area contributed by atoms with Crippen LogP contribution in [0.25, 0.3) is 11.8 Å². The predicted molar refractivity (Wildman–Crippen MR) is 139 cm³/mol. The number of nitrogens with one attached hydrogen (secondary N) is 1. The summed E-state index contributed by atoms with van der Waals surface area (Å²) in [6.45, 7) is 5.55. The summed E-state index contributed by atoms with van der Waals surface area (Å²) in [7, 11) is 0. The van der Waals surface area contributed by atoms with Gasteiger partial charge in [-0.3, -0.25) is 19.3 Å². The van der Waals surface area contributed by atoms with Crippen molar-refractivity contribution in [3.8, 4) is 5.69 Å². The number of para-hydroxylation sites is 1. The Morgan fingerprint density at radius 1 is 1.03 bits per heavy atom. The molecular formula is C27H25N3O5S. The lowest BCUT2D eigenvalue weighted by atomic mass is 10.2. The van der Waals surface area contributed by atoms with E-state index in [1.54, 1.807) is 49.4 Å². The van der Waals surface area contributed by atoms with Gasteiger partial charge in [0, 0.05) is 22.8 Å². The molecule has 1 aliphatic rings. The van der Waals surface area contributed by atoms with E-state index in [0.29, 0.717) is 17.9 Å². The van der Waals surface area contributed by atoms with Gasteiger partial charge in [0.2, 0.25) is 5.91 Å². The number of rotatable bonds is 7. The summed E-state index contributed by atoms with van der Waals surface area (Å²) in [6.07, 6.45) is 1.67. The van der Waals surface area contributed by atoms with Crippen LogP contribution in [0.1, 0.15) is 34.2 Å². The molecule has 1 N–H and O–H groups in total. The van der Waals surface area contributed by atoms with E-state index in [1.807, 2.05) is 42.7 Å². The highest BCUT2D eigenvalue weighted by Gasteiger charge is 2.36. The molecule has 3 amide bonds. The number of thioether (sulfide) groups is 1. The molecule has 0 bridgehead atoms. The number of hydrogen-bond donors (Lipinski definition) is 1. The van der Waals surface area contributed by atoms with E-state index in [9.17, 15) is 19.2 Å². The molecular weight excluding hydrogens is 478 g/mol. The van der Waals surface area contributed by atoms with Crippen LogP contribution < -0.4 is 5.32 Å². The van der Waals surface area contributed by atoms with E-state index in [1.165, 1.54) is 0 Å². The molecule has 2 aromatic carbocycles. The quantitative estimate of drug-likeness (QED) is 0.362. The third-order valence-electron chi connectivity index (χ3n) is 5.63. The fourth-order valence-electron chi connectivity index (χ4n) is 3.94. The molecule has 2 heterocycles. The van der Waals surface area contributed by atoms with Crippen LogP contribution in [0.2, 0.25) is 0 Å². The summed E-state index contributed by atoms with van der Waals surface area (Å²) in [5.41, 5.74) is 4.47. The maximum Gasteiger partial charge on any atom is 0.338 e. The van der Waals surface area contributed by atoms with Crippen molar-refractivity contribution in [2.24, 2.45) is 0 Å². The van der Waals surface area contributed by atoms with Crippen LogP contribution in [0.5, 0.6) is 0 Å². The minimum absolute atomic E-state index is 0.255. The van der Waals surface area contributed by atoms with Crippen molar-refractivity contribution in [2.75, 3.05) is 18.5 Å². The Labute approximate surface area is 212 Å². The van der Waals surface area contributed by atoms with E-state index in [2.05, 4.69) is 5.32 Å². The molecule has 1 aliphatic heterocycles. The van der Waals surface area contributed by atoms with Crippen molar-refractivity contribution < 1.29 is 23.9 Å². The second kappa shape index (κ2) is 10.7. The molecule has 184 valence electrons. The zero-order chi connectivity index (χ0) is 25.8. The molecule has 8 nitrogen and oxygen atoms in total. The van der Waals surface area contributed by atoms with Crippen molar-refractivity contribution in [2.45, 2.75) is 20.8 Å². The highest BCUT2D eigenvalue weighted by molar-refractivity contribution is 8.18. The topological polar surface area (TPSA) is 97.7 Å². The van der Waals surface area contributed by atoms with E-state index in [-0.39, 0.29) is 17.4 Å². The average Bonchev–Trinajstić information content (AvgIpc) is 3.28. The second-order valence-corrected chi connectivity index (χ2v) is 9.10. The Morgan fingerprint density at radius 3 is 2.39 bits per heavy atom. The Hall–Kier alpha value is -4.11. The van der Waals surface area contributed by atoms with Gasteiger partial charge < -0.3 is 14.6 Å². The second-order valence-electron chi connectivity index (χ2n) is 8.11. The summed E-state index contributed by atoms with van der Waals surface area (Å²) < 4.78 is 7.03. The third-order valence-corrected chi connectivity index (χ3v) is 6.53. The summed E-state index contributed by atoms with van der Waals surface area (Å²) in [6, 6.07) is 17.8. The Balaban J connectivity index is 1.52. The van der Waals surface area contributed by atoms with Crippen LogP contribution in [0.4, 0.5) is 10.5 Å². The number of ether oxygens (including phenoxy) is 1. The number of amides is 3. The summed E-state index contributed by atoms with van der Waals surface area (Å²) in [5, 5.41) is 2.20. The van der Waals surface area contributed by atoms with Gasteiger partial charge in [0.1, 0.15) is 6.54 Å². The Bertz CT molecular complexity index is 1360. The molecule has 0 atom stereocenters. The number of aryl methyl sites for hydroxylation is 1. The standard InChI is InChI=1S/C27H25N3O5S/c1-4-35-26(33)19-10-12-22(13-11-19)30-17(2)14-20(18(30)3)15-23-25(32)29(27(34)36-23)16-24(31)28-21-8-6-5-7-9-21/h5-15H,4,16H2,1-3H3,(H,28,31)/b23-15-. The number of carbonyl (C=O) groups excluding carboxylic acids is 4. The molecule has 0 spiro atoms. The van der Waals surface area contributed by atoms with E-state index >= 15 is 0 Å². The molecule has 0 saturated carbocycles. The molecule has 1 saturated heterocycles. The number of carbonyl (C=O) groups is 4. The number of esters is 1. The fourth-order valence-corrected chi connectivity index (χ4v) is 4.76. The lowest BCUT2D eigenvalue weighted by Gasteiger charge is -2.12. The lowest BCUT2D eigenvalue weighted by molar-refractivity contribution is -0.127. The monoisotopic (exact) mass is 503 g/mol. The number of benzene rings is 2. The average molecular weight is 504 g/mol. The number of anilines is 1. The van der Waals surface area contributed by atoms with Gasteiger partial charge in [-0.1, -0.05) is 18.2 Å². The van der Waals surface area contributed by atoms with Gasteiger partial charge in [0.05, 0.1) is 17.1 Å². The molecule has 1 aromatic heterocycles. The van der Waals surface area contributed by atoms with Crippen molar-refractivity contribution in [3.63, 3.8) is 0 Å². The zero-order valence-corrected chi connectivity index (χ0v) is 20.9. The highest BCUT2D eigenvalue weighted by Crippen LogP contribution is 2.33. The summed E-state index contributed by atoms with van der Waals surface area (Å²) >= 11 is 0.812. The number of hydrogen-bond acceptors (Lipinski definition) is 6. The van der Waals surface area contributed by atoms with Crippen LogP contribution in [-0.2, 0) is 14.3 Å². The maximum atomic E-state index is 12.9. The first-order valence-corrected chi connectivity index (χ1v) is 12.2. The first-order valence-electron chi connectivity index (χ1n) is 11.3. The summed E-state index contributed by atoms with van der Waals surface area (Å²) in [5.74, 6) is -1.33. The molecule has 3 aromatic rings. The highest BCUT2D eigenvalue weighted by atomic mass is 32.2. The van der Waals surface area contributed by atoms with E-state index in [4.69, 9.17) is 4.74 Å². The molecule has 9 heteroatoms. The number of imide groups is 1. The minimum Gasteiger partial charge on any atom is -0.462 e. The predicted octanol–water partition coefficient (Wildman–Crippen LogP) is 4.95. The first-order chi connectivity index (χ1) is 17.3. The zero-order valence-electron chi connectivity index (χ0n) is 20.1. The first kappa shape index (κ1) is 25.0. The molecule has 0 unspecified atom stereocenters. The molecule has 1 fully saturated rings. The van der Waals surface area contributed by atoms with Crippen LogP contribution in [0.3, 0.4) is 0 Å². The Kier molecular flexibility index (Phi) is 7.40. The SMILES string of the molecule is CCOC(=O)c1ccc(-n2c(C)cc(/C=C3\SC(=O)N(CC(=O)Nc4ccccc4)C3=O)c2C)cc1. The maximum absolute atomic E-state index is 12.9. The van der Waals surface area contributed by atoms with Gasteiger partial charge in [0.25, 0.3) is 11.1 Å². The van der Waals surface area contributed by atoms with Crippen molar-refractivity contribution in [1.29, 1.82) is 0 Å². The number of aromatic nitrogens is 1. The Morgan fingerprint density at radius 2 is 1.72 bits per heavy atom. The van der Waals surface area contributed by atoms with Gasteiger partial charge in [-0.2, -0.15) is 0 Å². The fraction of sp³-hybridized carbons (Fsp3) is 0.185. The normalized spacial score (nSPS) is 14.4. The minimum atomic E-state index is -0.503. The van der Waals surface area contributed by atoms with E-state index < -0.39 is 17.1 Å². The van der Waals surface area contributed by atoms with Crippen LogP contribution in [-0.4, -0.2) is 45.6 Å². The molecule has 4 rings (SSSR count). The lowest BCUT2D eigenvalue weighted by Crippen LogP contribution is -2.36. The smallest absolute Gasteiger partial charge is 0.338 e. The van der Waals surface area contributed by atoms with Gasteiger partial charge in [-0.15, -0.1) is 0 Å². The molecule has 36 heavy (non-hydrogen) atoms. The summed E-state index contributed by atoms with van der Waals surface area (Å²) in [4.78, 5) is 50.9. The van der Waals surface area contributed by atoms with Gasteiger partial charge >= 0.3 is 5.97 Å². The van der Waals surface area contributed by atoms with Crippen molar-refractivity contribution >= 4 is 46.5 Å². The third kappa shape index (κ3) is 5.26. The number of nitrogens with zero attached hydrogens (tertiary/aromatic N) is 2. The van der Waals surface area contributed by atoms with Gasteiger partial charge in [-0.25, -0.2) is 4.79 Å². The molecule has 0 aliphatic carbocycles. The van der Waals surface area contributed by atoms with Gasteiger partial charge in [0.15, 0.2) is 0 Å². The largest absolute Gasteiger partial charge is 0.462 e. The van der Waals surface area contributed by atoms with Gasteiger partial charge in [-0.05, 0) is 86.6 Å². The van der Waals surface area contributed by atoms with Crippen molar-refractivity contribution in [3.05, 3.63) is 88.1 Å². The molecule has 0 radical (unpaired) electrons. The van der Waals surface area contributed by atoms with Crippen LogP contribution >= 0.6 is 11.8 Å². The van der Waals surface area contributed by atoms with Crippen LogP contribution in [0.15, 0.2) is 65.6 Å². The van der Waals surface area contributed by atoms with E-state index in [0.717, 1.165) is 39.3 Å².